The fourth-order valence-electron chi connectivity index (χ4n) is 3.38. The van der Waals surface area contributed by atoms with Crippen LogP contribution in [0.3, 0.4) is 0 Å². The molecule has 1 aromatic carbocycles. The predicted molar refractivity (Wildman–Crippen MR) is 92.2 cm³/mol. The van der Waals surface area contributed by atoms with Crippen LogP contribution in [0.4, 0.5) is 0 Å². The van der Waals surface area contributed by atoms with Crippen LogP contribution < -0.4 is 5.73 Å². The zero-order chi connectivity index (χ0) is 14.7. The van der Waals surface area contributed by atoms with E-state index < -0.39 is 0 Å². The number of benzene rings is 1. The first-order chi connectivity index (χ1) is 10.3. The first-order valence-corrected chi connectivity index (χ1v) is 8.38. The first-order valence-electron chi connectivity index (χ1n) is 8.38. The smallest absolute Gasteiger partial charge is 0.254 e. The molecule has 2 fully saturated rings. The summed E-state index contributed by atoms with van der Waals surface area (Å²) >= 11 is 0. The molecule has 2 aliphatic rings. The van der Waals surface area contributed by atoms with Gasteiger partial charge in [0, 0.05) is 24.7 Å². The molecule has 3 rings (SSSR count). The van der Waals surface area contributed by atoms with E-state index in [0.29, 0.717) is 18.5 Å². The molecular weight excluding hydrogens is 296 g/mol. The molecule has 0 radical (unpaired) electrons. The van der Waals surface area contributed by atoms with Crippen molar-refractivity contribution in [2.75, 3.05) is 6.54 Å². The Morgan fingerprint density at radius 2 is 1.68 bits per heavy atom. The Hall–Kier alpha value is -1.06. The van der Waals surface area contributed by atoms with E-state index >= 15 is 0 Å². The summed E-state index contributed by atoms with van der Waals surface area (Å²) in [6, 6.07) is 8.30. The van der Waals surface area contributed by atoms with Gasteiger partial charge in [-0.2, -0.15) is 0 Å². The zero-order valence-electron chi connectivity index (χ0n) is 13.2. The highest BCUT2D eigenvalue weighted by Crippen LogP contribution is 2.32. The third kappa shape index (κ3) is 4.23. The van der Waals surface area contributed by atoms with Gasteiger partial charge in [-0.1, -0.05) is 31.4 Å². The molecule has 0 aromatic heterocycles. The summed E-state index contributed by atoms with van der Waals surface area (Å²) in [5.41, 5.74) is 7.52. The first kappa shape index (κ1) is 17.3. The maximum atomic E-state index is 12.8. The molecule has 0 heterocycles. The minimum Gasteiger partial charge on any atom is -0.335 e. The van der Waals surface area contributed by atoms with Gasteiger partial charge in [-0.15, -0.1) is 12.4 Å². The molecule has 0 atom stereocenters. The Labute approximate surface area is 139 Å². The van der Waals surface area contributed by atoms with Crippen LogP contribution in [0.15, 0.2) is 24.3 Å². The van der Waals surface area contributed by atoms with Gasteiger partial charge in [0.1, 0.15) is 0 Å². The van der Waals surface area contributed by atoms with E-state index in [-0.39, 0.29) is 18.3 Å². The van der Waals surface area contributed by atoms with Crippen LogP contribution in [0.2, 0.25) is 0 Å². The number of nitrogens with two attached hydrogens (primary N) is 1. The van der Waals surface area contributed by atoms with E-state index in [2.05, 4.69) is 4.90 Å². The van der Waals surface area contributed by atoms with E-state index in [1.54, 1.807) is 0 Å². The van der Waals surface area contributed by atoms with E-state index in [1.807, 2.05) is 24.3 Å². The van der Waals surface area contributed by atoms with Crippen LogP contribution in [0, 0.1) is 5.92 Å². The van der Waals surface area contributed by atoms with Crippen molar-refractivity contribution >= 4 is 18.3 Å². The molecule has 1 amide bonds. The molecule has 0 bridgehead atoms. The van der Waals surface area contributed by atoms with E-state index in [0.717, 1.165) is 17.7 Å². The van der Waals surface area contributed by atoms with Gasteiger partial charge in [-0.3, -0.25) is 4.79 Å². The molecule has 0 aliphatic heterocycles. The van der Waals surface area contributed by atoms with Gasteiger partial charge in [-0.05, 0) is 49.3 Å². The summed E-state index contributed by atoms with van der Waals surface area (Å²) in [5.74, 6) is 0.929. The lowest BCUT2D eigenvalue weighted by Gasteiger charge is -2.30. The van der Waals surface area contributed by atoms with Crippen molar-refractivity contribution < 1.29 is 4.79 Å². The van der Waals surface area contributed by atoms with Gasteiger partial charge in [0.05, 0.1) is 0 Å². The number of carbonyl (C=O) groups is 1. The predicted octanol–water partition coefficient (Wildman–Crippen LogP) is 3.75. The summed E-state index contributed by atoms with van der Waals surface area (Å²) in [6.07, 6.45) is 8.99. The summed E-state index contributed by atoms with van der Waals surface area (Å²) in [5, 5.41) is 0. The van der Waals surface area contributed by atoms with Crippen molar-refractivity contribution in [3.63, 3.8) is 0 Å². The SMILES string of the molecule is Cl.NCc1ccc(C(=O)N(CC2CCCCC2)C2CC2)cc1. The quantitative estimate of drug-likeness (QED) is 0.897. The molecule has 0 saturated heterocycles. The van der Waals surface area contributed by atoms with Crippen LogP contribution in [0.25, 0.3) is 0 Å². The Bertz CT molecular complexity index is 478. The molecule has 0 unspecified atom stereocenters. The lowest BCUT2D eigenvalue weighted by Crippen LogP contribution is -2.37. The number of carbonyl (C=O) groups excluding carboxylic acids is 1. The molecule has 22 heavy (non-hydrogen) atoms. The average Bonchev–Trinajstić information content (AvgIpc) is 3.38. The molecule has 1 aromatic rings. The van der Waals surface area contributed by atoms with Crippen molar-refractivity contribution in [1.82, 2.24) is 4.90 Å². The van der Waals surface area contributed by atoms with Gasteiger partial charge in [0.25, 0.3) is 5.91 Å². The van der Waals surface area contributed by atoms with Gasteiger partial charge < -0.3 is 10.6 Å². The Kier molecular flexibility index (Phi) is 6.27. The molecule has 2 aliphatic carbocycles. The topological polar surface area (TPSA) is 46.3 Å². The normalized spacial score (nSPS) is 18.6. The highest BCUT2D eigenvalue weighted by Gasteiger charge is 2.34. The fraction of sp³-hybridized carbons (Fsp3) is 0.611. The Morgan fingerprint density at radius 1 is 1.05 bits per heavy atom. The van der Waals surface area contributed by atoms with Gasteiger partial charge in [-0.25, -0.2) is 0 Å². The molecule has 122 valence electrons. The minimum atomic E-state index is 0. The summed E-state index contributed by atoms with van der Waals surface area (Å²) < 4.78 is 0. The molecule has 0 spiro atoms. The fourth-order valence-corrected chi connectivity index (χ4v) is 3.38. The highest BCUT2D eigenvalue weighted by molar-refractivity contribution is 5.94. The molecule has 2 N–H and O–H groups in total. The van der Waals surface area contributed by atoms with E-state index in [1.165, 1.54) is 44.9 Å². The Balaban J connectivity index is 0.00000176. The number of amides is 1. The van der Waals surface area contributed by atoms with Gasteiger partial charge in [0.15, 0.2) is 0 Å². The van der Waals surface area contributed by atoms with Crippen molar-refractivity contribution in [3.8, 4) is 0 Å². The Morgan fingerprint density at radius 3 is 2.23 bits per heavy atom. The number of nitrogens with zero attached hydrogens (tertiary/aromatic N) is 1. The third-order valence-corrected chi connectivity index (χ3v) is 4.86. The van der Waals surface area contributed by atoms with E-state index in [9.17, 15) is 4.79 Å². The summed E-state index contributed by atoms with van der Waals surface area (Å²) in [7, 11) is 0. The molecule has 2 saturated carbocycles. The second-order valence-corrected chi connectivity index (χ2v) is 6.59. The number of hydrogen-bond acceptors (Lipinski definition) is 2. The van der Waals surface area contributed by atoms with Gasteiger partial charge in [0.2, 0.25) is 0 Å². The second-order valence-electron chi connectivity index (χ2n) is 6.59. The zero-order valence-corrected chi connectivity index (χ0v) is 14.0. The third-order valence-electron chi connectivity index (χ3n) is 4.86. The number of halogens is 1. The van der Waals surface area contributed by atoms with Crippen molar-refractivity contribution in [3.05, 3.63) is 35.4 Å². The lowest BCUT2D eigenvalue weighted by molar-refractivity contribution is 0.0699. The number of rotatable bonds is 5. The molecular formula is C18H27ClN2O. The van der Waals surface area contributed by atoms with Gasteiger partial charge >= 0.3 is 0 Å². The van der Waals surface area contributed by atoms with Crippen molar-refractivity contribution in [2.24, 2.45) is 11.7 Å². The monoisotopic (exact) mass is 322 g/mol. The van der Waals surface area contributed by atoms with Crippen molar-refractivity contribution in [1.29, 1.82) is 0 Å². The van der Waals surface area contributed by atoms with Crippen LogP contribution in [-0.2, 0) is 6.54 Å². The lowest BCUT2D eigenvalue weighted by atomic mass is 9.88. The standard InChI is InChI=1S/C18H26N2O.ClH/c19-12-14-6-8-16(9-7-14)18(21)20(17-10-11-17)13-15-4-2-1-3-5-15;/h6-9,15,17H,1-5,10-13,19H2;1H. The van der Waals surface area contributed by atoms with Crippen LogP contribution in [0.1, 0.15) is 60.9 Å². The summed E-state index contributed by atoms with van der Waals surface area (Å²) in [4.78, 5) is 14.9. The van der Waals surface area contributed by atoms with Crippen LogP contribution in [-0.4, -0.2) is 23.4 Å². The largest absolute Gasteiger partial charge is 0.335 e. The number of hydrogen-bond donors (Lipinski definition) is 1. The van der Waals surface area contributed by atoms with Crippen molar-refractivity contribution in [2.45, 2.75) is 57.5 Å². The maximum Gasteiger partial charge on any atom is 0.254 e. The molecule has 3 nitrogen and oxygen atoms in total. The average molecular weight is 323 g/mol. The van der Waals surface area contributed by atoms with Crippen LogP contribution >= 0.6 is 12.4 Å². The molecule has 4 heteroatoms. The van der Waals surface area contributed by atoms with Crippen LogP contribution in [0.5, 0.6) is 0 Å². The second kappa shape index (κ2) is 7.98. The van der Waals surface area contributed by atoms with E-state index in [4.69, 9.17) is 5.73 Å². The minimum absolute atomic E-state index is 0. The summed E-state index contributed by atoms with van der Waals surface area (Å²) in [6.45, 7) is 1.49. The highest BCUT2D eigenvalue weighted by atomic mass is 35.5. The maximum absolute atomic E-state index is 12.8.